The molecule has 6 aromatic rings. The Bertz CT molecular complexity index is 1840. The SMILES string of the molecule is FC(F)(F)c1cc(-c2cccc(C3(c4cccc(-c5cc(C(F)(F)F)[nH]n5)n4)c4ccccc4-c4ccccc43)n2)n[nH]1. The number of alkyl halides is 6. The molecule has 43 heavy (non-hydrogen) atoms. The zero-order valence-corrected chi connectivity index (χ0v) is 21.8. The van der Waals surface area contributed by atoms with Crippen LogP contribution in [0.15, 0.2) is 97.1 Å². The Morgan fingerprint density at radius 1 is 0.488 bits per heavy atom. The Morgan fingerprint density at radius 2 is 0.907 bits per heavy atom. The highest BCUT2D eigenvalue weighted by atomic mass is 19.4. The maximum atomic E-state index is 13.3. The van der Waals surface area contributed by atoms with Gasteiger partial charge in [0.15, 0.2) is 0 Å². The standard InChI is InChI=1S/C31H18F6N6/c32-30(33,34)27-15-23(40-42-27)21-11-5-13-25(38-21)29(19-9-3-1-7-17(19)18-8-2-4-10-20(18)29)26-14-6-12-22(39-26)24-16-28(43-41-24)31(35,36)37/h1-16H,(H,40,42)(H,41,43). The van der Waals surface area contributed by atoms with Crippen molar-refractivity contribution in [1.29, 1.82) is 0 Å². The summed E-state index contributed by atoms with van der Waals surface area (Å²) in [5.41, 5.74) is 1.51. The molecule has 0 saturated carbocycles. The third kappa shape index (κ3) is 4.20. The topological polar surface area (TPSA) is 83.1 Å². The molecule has 0 fully saturated rings. The van der Waals surface area contributed by atoms with Gasteiger partial charge >= 0.3 is 12.4 Å². The van der Waals surface area contributed by atoms with Crippen molar-refractivity contribution in [1.82, 2.24) is 30.4 Å². The number of benzene rings is 2. The summed E-state index contributed by atoms with van der Waals surface area (Å²) in [7, 11) is 0. The lowest BCUT2D eigenvalue weighted by atomic mass is 9.72. The van der Waals surface area contributed by atoms with Gasteiger partial charge in [-0.15, -0.1) is 0 Å². The minimum atomic E-state index is -4.62. The van der Waals surface area contributed by atoms with Crippen LogP contribution in [-0.4, -0.2) is 30.4 Å². The fourth-order valence-electron chi connectivity index (χ4n) is 5.69. The monoisotopic (exact) mass is 588 g/mol. The molecule has 214 valence electrons. The Balaban J connectivity index is 1.48. The van der Waals surface area contributed by atoms with Crippen LogP contribution in [-0.2, 0) is 17.8 Å². The minimum Gasteiger partial charge on any atom is -0.273 e. The zero-order chi connectivity index (χ0) is 30.0. The molecule has 1 aliphatic rings. The normalized spacial score (nSPS) is 14.0. The Morgan fingerprint density at radius 3 is 1.30 bits per heavy atom. The summed E-state index contributed by atoms with van der Waals surface area (Å²) in [4.78, 5) is 9.69. The van der Waals surface area contributed by atoms with Crippen LogP contribution in [0.5, 0.6) is 0 Å². The summed E-state index contributed by atoms with van der Waals surface area (Å²) in [6, 6.07) is 27.0. The van der Waals surface area contributed by atoms with E-state index < -0.39 is 29.2 Å². The lowest BCUT2D eigenvalue weighted by molar-refractivity contribution is -0.142. The van der Waals surface area contributed by atoms with Gasteiger partial charge in [0.2, 0.25) is 0 Å². The third-order valence-electron chi connectivity index (χ3n) is 7.51. The van der Waals surface area contributed by atoms with Crippen LogP contribution in [0.2, 0.25) is 0 Å². The van der Waals surface area contributed by atoms with Crippen LogP contribution < -0.4 is 0 Å². The molecule has 0 unspecified atom stereocenters. The minimum absolute atomic E-state index is 0.00167. The number of nitrogens with zero attached hydrogens (tertiary/aromatic N) is 4. The number of H-pyrrole nitrogens is 2. The first-order valence-electron chi connectivity index (χ1n) is 13.0. The summed E-state index contributed by atoms with van der Waals surface area (Å²) in [5, 5.41) is 11.8. The molecule has 2 N–H and O–H groups in total. The van der Waals surface area contributed by atoms with Crippen LogP contribution in [0.1, 0.15) is 33.9 Å². The largest absolute Gasteiger partial charge is 0.432 e. The second kappa shape index (κ2) is 9.38. The van der Waals surface area contributed by atoms with Gasteiger partial charge in [-0.2, -0.15) is 36.5 Å². The average molecular weight is 589 g/mol. The second-order valence-corrected chi connectivity index (χ2v) is 9.99. The Hall–Kier alpha value is -5.26. The predicted molar refractivity (Wildman–Crippen MR) is 145 cm³/mol. The molecule has 1 aliphatic carbocycles. The fourth-order valence-corrected chi connectivity index (χ4v) is 5.69. The molecule has 12 heteroatoms. The van der Waals surface area contributed by atoms with Crippen LogP contribution in [0.25, 0.3) is 33.9 Å². The Labute approximate surface area is 239 Å². The molecular weight excluding hydrogens is 570 g/mol. The molecule has 6 nitrogen and oxygen atoms in total. The van der Waals surface area contributed by atoms with E-state index in [2.05, 4.69) is 10.2 Å². The Kier molecular flexibility index (Phi) is 5.81. The number of aromatic nitrogens is 6. The maximum Gasteiger partial charge on any atom is 0.432 e. The number of hydrogen-bond donors (Lipinski definition) is 2. The molecule has 0 radical (unpaired) electrons. The van der Waals surface area contributed by atoms with Gasteiger partial charge in [0, 0.05) is 0 Å². The molecule has 2 aromatic carbocycles. The number of hydrogen-bond acceptors (Lipinski definition) is 4. The molecule has 0 amide bonds. The van der Waals surface area contributed by atoms with Gasteiger partial charge in [-0.3, -0.25) is 10.2 Å². The van der Waals surface area contributed by atoms with E-state index in [4.69, 9.17) is 9.97 Å². The van der Waals surface area contributed by atoms with Gasteiger partial charge in [-0.05, 0) is 58.7 Å². The molecule has 4 aromatic heterocycles. The van der Waals surface area contributed by atoms with E-state index in [-0.39, 0.29) is 22.8 Å². The van der Waals surface area contributed by atoms with Crippen molar-refractivity contribution in [3.05, 3.63) is 131 Å². The molecule has 7 rings (SSSR count). The van der Waals surface area contributed by atoms with Crippen molar-refractivity contribution in [2.45, 2.75) is 17.8 Å². The van der Waals surface area contributed by atoms with Crippen LogP contribution in [0, 0.1) is 0 Å². The van der Waals surface area contributed by atoms with Crippen LogP contribution in [0.3, 0.4) is 0 Å². The highest BCUT2D eigenvalue weighted by molar-refractivity contribution is 5.85. The van der Waals surface area contributed by atoms with E-state index in [1.807, 2.05) is 58.7 Å². The summed E-state index contributed by atoms with van der Waals surface area (Å²) < 4.78 is 80.0. The van der Waals surface area contributed by atoms with E-state index in [9.17, 15) is 26.3 Å². The molecular formula is C31H18F6N6. The van der Waals surface area contributed by atoms with Gasteiger partial charge in [-0.1, -0.05) is 60.7 Å². The highest BCUT2D eigenvalue weighted by Gasteiger charge is 2.48. The second-order valence-electron chi connectivity index (χ2n) is 9.99. The van der Waals surface area contributed by atoms with Crippen molar-refractivity contribution in [3.8, 4) is 33.9 Å². The molecule has 0 atom stereocenters. The smallest absolute Gasteiger partial charge is 0.273 e. The van der Waals surface area contributed by atoms with Gasteiger partial charge < -0.3 is 0 Å². The molecule has 0 saturated heterocycles. The van der Waals surface area contributed by atoms with Crippen LogP contribution in [0.4, 0.5) is 26.3 Å². The average Bonchev–Trinajstić information content (AvgIpc) is 3.75. The van der Waals surface area contributed by atoms with Gasteiger partial charge in [0.25, 0.3) is 0 Å². The first kappa shape index (κ1) is 26.6. The van der Waals surface area contributed by atoms with E-state index in [0.29, 0.717) is 11.4 Å². The summed E-state index contributed by atoms with van der Waals surface area (Å²) >= 11 is 0. The van der Waals surface area contributed by atoms with Crippen molar-refractivity contribution < 1.29 is 26.3 Å². The summed E-state index contributed by atoms with van der Waals surface area (Å²) in [6.07, 6.45) is -9.23. The van der Waals surface area contributed by atoms with E-state index in [0.717, 1.165) is 34.4 Å². The van der Waals surface area contributed by atoms with E-state index >= 15 is 0 Å². The predicted octanol–water partition coefficient (Wildman–Crippen LogP) is 7.66. The number of fused-ring (bicyclic) bond motifs is 3. The van der Waals surface area contributed by atoms with E-state index in [1.54, 1.807) is 36.4 Å². The number of pyridine rings is 2. The number of halogens is 6. The number of nitrogens with one attached hydrogen (secondary N) is 2. The van der Waals surface area contributed by atoms with Crippen molar-refractivity contribution >= 4 is 0 Å². The molecule has 0 bridgehead atoms. The van der Waals surface area contributed by atoms with Crippen molar-refractivity contribution in [2.24, 2.45) is 0 Å². The fraction of sp³-hybridized carbons (Fsp3) is 0.0968. The first-order valence-corrected chi connectivity index (χ1v) is 13.0. The first-order chi connectivity index (χ1) is 20.6. The van der Waals surface area contributed by atoms with Crippen LogP contribution >= 0.6 is 0 Å². The summed E-state index contributed by atoms with van der Waals surface area (Å²) in [6.45, 7) is 0. The molecule has 0 aliphatic heterocycles. The van der Waals surface area contributed by atoms with Gasteiger partial charge in [0.05, 0.1) is 22.8 Å². The highest BCUT2D eigenvalue weighted by Crippen LogP contribution is 2.55. The molecule has 4 heterocycles. The summed E-state index contributed by atoms with van der Waals surface area (Å²) in [5.74, 6) is 0. The van der Waals surface area contributed by atoms with Gasteiger partial charge in [-0.25, -0.2) is 9.97 Å². The number of aromatic amines is 2. The van der Waals surface area contributed by atoms with Gasteiger partial charge in [0.1, 0.15) is 28.2 Å². The van der Waals surface area contributed by atoms with Crippen molar-refractivity contribution in [3.63, 3.8) is 0 Å². The van der Waals surface area contributed by atoms with Crippen molar-refractivity contribution in [2.75, 3.05) is 0 Å². The quantitative estimate of drug-likeness (QED) is 0.207. The van der Waals surface area contributed by atoms with E-state index in [1.165, 1.54) is 0 Å². The zero-order valence-electron chi connectivity index (χ0n) is 21.8. The lowest BCUT2D eigenvalue weighted by Gasteiger charge is -2.32. The third-order valence-corrected chi connectivity index (χ3v) is 7.51. The maximum absolute atomic E-state index is 13.3. The number of rotatable bonds is 4. The molecule has 0 spiro atoms. The lowest BCUT2D eigenvalue weighted by Crippen LogP contribution is -2.31.